The van der Waals surface area contributed by atoms with Crippen LogP contribution in [0.4, 0.5) is 17.1 Å². The van der Waals surface area contributed by atoms with E-state index in [4.69, 9.17) is 26.8 Å². The zero-order chi connectivity index (χ0) is 55.5. The van der Waals surface area contributed by atoms with Crippen molar-refractivity contribution in [2.24, 2.45) is 0 Å². The Morgan fingerprint density at radius 1 is 0.575 bits per heavy atom. The molecule has 9 aromatic carbocycles. The summed E-state index contributed by atoms with van der Waals surface area (Å²) in [5, 5.41) is 1.86. The minimum Gasteiger partial charge on any atom is -0.511 e. The summed E-state index contributed by atoms with van der Waals surface area (Å²) in [6.07, 6.45) is 5.39. The van der Waals surface area contributed by atoms with Crippen molar-refractivity contribution in [2.45, 2.75) is 33.6 Å². The van der Waals surface area contributed by atoms with Gasteiger partial charge in [0.15, 0.2) is 17.2 Å². The van der Waals surface area contributed by atoms with Crippen LogP contribution >= 0.6 is 0 Å². The van der Waals surface area contributed by atoms with E-state index in [1.807, 2.05) is 131 Å². The van der Waals surface area contributed by atoms with Crippen LogP contribution in [0.3, 0.4) is 0 Å². The van der Waals surface area contributed by atoms with Crippen LogP contribution in [-0.4, -0.2) is 14.1 Å². The van der Waals surface area contributed by atoms with Gasteiger partial charge in [0.1, 0.15) is 5.82 Å². The van der Waals surface area contributed by atoms with Gasteiger partial charge in [0.2, 0.25) is 0 Å². The Morgan fingerprint density at radius 3 is 2.01 bits per heavy atom. The number of hydrogen-bond acceptors (Lipinski definition) is 4. The summed E-state index contributed by atoms with van der Waals surface area (Å²) in [5.74, 6) is 2.73. The maximum atomic E-state index is 9.16. The van der Waals surface area contributed by atoms with Crippen molar-refractivity contribution in [1.82, 2.24) is 14.1 Å². The molecule has 0 saturated heterocycles. The van der Waals surface area contributed by atoms with Crippen molar-refractivity contribution in [1.29, 1.82) is 0 Å². The number of pyridine rings is 1. The Bertz CT molecular complexity index is 4550. The van der Waals surface area contributed by atoms with Gasteiger partial charge in [-0.2, -0.15) is 18.2 Å². The summed E-state index contributed by atoms with van der Waals surface area (Å²) in [4.78, 5) is 6.97. The molecule has 0 amide bonds. The van der Waals surface area contributed by atoms with E-state index in [0.717, 1.165) is 33.2 Å². The van der Waals surface area contributed by atoms with Gasteiger partial charge in [-0.15, -0.1) is 18.2 Å². The molecule has 0 fully saturated rings. The van der Waals surface area contributed by atoms with E-state index in [-0.39, 0.29) is 68.4 Å². The van der Waals surface area contributed by atoms with E-state index < -0.39 is 42.3 Å². The average molecular weight is 1140 g/mol. The van der Waals surface area contributed by atoms with Gasteiger partial charge >= 0.3 is 0 Å². The Balaban J connectivity index is 0.00000353. The minimum absolute atomic E-state index is 0. The smallest absolute Gasteiger partial charge is 0.268 e. The zero-order valence-electron chi connectivity index (χ0n) is 48.0. The molecule has 7 nitrogen and oxygen atoms in total. The van der Waals surface area contributed by atoms with Gasteiger partial charge in [0, 0.05) is 38.5 Å². The Hall–Kier alpha value is -8.51. The maximum Gasteiger partial charge on any atom is 0.268 e. The number of ether oxygens (including phenoxy) is 2. The number of anilines is 3. The molecule has 1 aliphatic rings. The van der Waals surface area contributed by atoms with Crippen LogP contribution in [0.5, 0.6) is 23.0 Å². The minimum atomic E-state index is -0.555. The van der Waals surface area contributed by atoms with Gasteiger partial charge in [-0.25, -0.2) is 4.98 Å². The third kappa shape index (κ3) is 8.16. The molecule has 1 aliphatic heterocycles. The molecule has 0 unspecified atom stereocenters. The Labute approximate surface area is 452 Å². The van der Waals surface area contributed by atoms with Crippen LogP contribution in [0.25, 0.3) is 72.3 Å². The summed E-state index contributed by atoms with van der Waals surface area (Å²) in [5.41, 5.74) is 6.90. The Morgan fingerprint density at radius 2 is 1.22 bits per heavy atom. The second-order valence-electron chi connectivity index (χ2n) is 18.2. The van der Waals surface area contributed by atoms with Crippen molar-refractivity contribution in [2.75, 3.05) is 4.90 Å². The molecule has 0 bridgehead atoms. The molecule has 13 rings (SSSR count). The Kier molecular flexibility index (Phi) is 9.66. The first-order valence-electron chi connectivity index (χ1n) is 27.6. The molecule has 4 heterocycles. The van der Waals surface area contributed by atoms with Crippen LogP contribution in [0, 0.1) is 18.5 Å². The molecule has 12 aromatic rings. The van der Waals surface area contributed by atoms with Crippen LogP contribution in [0.2, 0.25) is 0 Å². The normalized spacial score (nSPS) is 13.7. The molecule has 0 aliphatic carbocycles. The van der Waals surface area contributed by atoms with Crippen molar-refractivity contribution in [3.8, 4) is 62.4 Å². The first-order valence-corrected chi connectivity index (χ1v) is 23.1. The number of fused-ring (bicyclic) bond motifs is 7. The monoisotopic (exact) mass is 1140 g/mol. The van der Waals surface area contributed by atoms with E-state index in [1.54, 1.807) is 22.8 Å². The number of nitrogens with zero attached hydrogens (tertiary/aromatic N) is 5. The fourth-order valence-electron chi connectivity index (χ4n) is 9.47. The molecule has 3 aromatic heterocycles. The van der Waals surface area contributed by atoms with Gasteiger partial charge in [0.25, 0.3) is 6.33 Å². The molecule has 0 saturated carbocycles. The number of hydrogen-bond donors (Lipinski definition) is 0. The van der Waals surface area contributed by atoms with Gasteiger partial charge in [-0.05, 0) is 92.5 Å². The van der Waals surface area contributed by atoms with Gasteiger partial charge in [-0.1, -0.05) is 190 Å². The SMILES string of the molecule is C.[2H]c1cc(-c2cccc(-c3c([2H])c([2H])c([2H])c([2H])c3[2H])c2-[n+]2[c-]n(-c3[c-]c(N4c5[c-]c6c(cc5Oc5ccccc5Oc5ccccc54)c4ccccc4n6-c4cc(C(C)(C)C)ccn4)ccc3)c3ccccc32)c([2H])c([2H])c1[2H].[Pt]. The largest absolute Gasteiger partial charge is 0.511 e. The fourth-order valence-corrected chi connectivity index (χ4v) is 9.47. The summed E-state index contributed by atoms with van der Waals surface area (Å²) in [7, 11) is 0. The third-order valence-corrected chi connectivity index (χ3v) is 12.8. The second kappa shape index (κ2) is 18.9. The van der Waals surface area contributed by atoms with E-state index in [1.165, 1.54) is 6.07 Å². The van der Waals surface area contributed by atoms with Crippen molar-refractivity contribution < 1.29 is 47.4 Å². The van der Waals surface area contributed by atoms with E-state index in [9.17, 15) is 0 Å². The first kappa shape index (κ1) is 37.3. The molecule has 358 valence electrons. The standard InChI is InChI=1S/C64H45N5O2.CH4.Pt/c1-64(2,3)45-36-37-65-62(38-45)69-52-29-11-10-26-50(52)51-40-61-57(41-56(51)69)68(55-32-14-15-33-58(55)70-59-34-16-17-35-60(59)71-61)47-25-18-24-46(39-47)66-42-67(54-31-13-12-30-53(54)66)63-48(43-20-6-4-7-21-43)27-19-28-49(63)44-22-8-5-9-23-44;;/h4-38,40H,1-3H3;1H4;/q-2;;/i4D,5D,6D,7D,8D,9D,20D,21D,22D;;. The predicted octanol–water partition coefficient (Wildman–Crippen LogP) is 16.4. The fraction of sp³-hybridized carbons (Fsp3) is 0.0769. The molecule has 8 heteroatoms. The maximum absolute atomic E-state index is 9.16. The molecular formula is C65H49N5O2Pt-2. The first-order chi connectivity index (χ1) is 38.6. The summed E-state index contributed by atoms with van der Waals surface area (Å²) in [6.45, 7) is 6.54. The topological polar surface area (TPSA) is 48.3 Å². The molecule has 0 spiro atoms. The number of benzene rings is 9. The number of aromatic nitrogens is 4. The molecule has 73 heavy (non-hydrogen) atoms. The van der Waals surface area contributed by atoms with Gasteiger partial charge < -0.3 is 23.5 Å². The summed E-state index contributed by atoms with van der Waals surface area (Å²) >= 11 is 0. The van der Waals surface area contributed by atoms with E-state index in [0.29, 0.717) is 62.3 Å². The van der Waals surface area contributed by atoms with Crippen LogP contribution < -0.4 is 18.9 Å². The van der Waals surface area contributed by atoms with Crippen LogP contribution in [-0.2, 0) is 26.5 Å². The molecule has 0 atom stereocenters. The number of para-hydroxylation sites is 8. The summed E-state index contributed by atoms with van der Waals surface area (Å²) in [6, 6.07) is 52.9. The summed E-state index contributed by atoms with van der Waals surface area (Å²) < 4.78 is 98.5. The third-order valence-electron chi connectivity index (χ3n) is 12.8. The molecule has 0 N–H and O–H groups in total. The van der Waals surface area contributed by atoms with E-state index in [2.05, 4.69) is 62.0 Å². The molecule has 0 radical (unpaired) electrons. The zero-order valence-corrected chi connectivity index (χ0v) is 41.2. The quantitative estimate of drug-likeness (QED) is 0.123. The van der Waals surface area contributed by atoms with Crippen LogP contribution in [0.1, 0.15) is 46.1 Å². The van der Waals surface area contributed by atoms with Crippen molar-refractivity contribution in [3.63, 3.8) is 0 Å². The second-order valence-corrected chi connectivity index (χ2v) is 18.2. The van der Waals surface area contributed by atoms with Gasteiger partial charge in [0.05, 0.1) is 34.7 Å². The average Bonchev–Trinajstić information content (AvgIpc) is 3.09. The van der Waals surface area contributed by atoms with E-state index >= 15 is 0 Å². The number of rotatable bonds is 6. The number of imidazole rings is 1. The predicted molar refractivity (Wildman–Crippen MR) is 291 cm³/mol. The molecular weight excluding hydrogens is 1080 g/mol. The van der Waals surface area contributed by atoms with Crippen LogP contribution in [0.15, 0.2) is 218 Å². The van der Waals surface area contributed by atoms with Crippen molar-refractivity contribution in [3.05, 3.63) is 242 Å². The van der Waals surface area contributed by atoms with Crippen molar-refractivity contribution >= 4 is 49.9 Å². The van der Waals surface area contributed by atoms with Gasteiger partial charge in [-0.3, -0.25) is 4.57 Å².